The zero-order valence-electron chi connectivity index (χ0n) is 17.2. The molecule has 156 valence electrons. The largest absolute Gasteiger partial charge is 0.495 e. The molecule has 0 aromatic heterocycles. The van der Waals surface area contributed by atoms with Crippen molar-refractivity contribution in [2.24, 2.45) is 16.8 Å². The molecule has 3 rings (SSSR count). The number of amides is 1. The van der Waals surface area contributed by atoms with Crippen molar-refractivity contribution < 1.29 is 9.53 Å². The summed E-state index contributed by atoms with van der Waals surface area (Å²) in [4.78, 5) is 18.7. The maximum Gasteiger partial charge on any atom is 0.221 e. The Bertz CT molecular complexity index is 681. The van der Waals surface area contributed by atoms with Crippen molar-refractivity contribution in [1.29, 1.82) is 0 Å². The van der Waals surface area contributed by atoms with Gasteiger partial charge in [0.15, 0.2) is 5.96 Å². The quantitative estimate of drug-likeness (QED) is 0.366. The van der Waals surface area contributed by atoms with Crippen molar-refractivity contribution in [1.82, 2.24) is 10.2 Å². The third-order valence-corrected chi connectivity index (χ3v) is 5.60. The molecule has 7 heteroatoms. The summed E-state index contributed by atoms with van der Waals surface area (Å²) in [6.45, 7) is 7.29. The second-order valence-corrected chi connectivity index (χ2v) is 7.60. The second-order valence-electron chi connectivity index (χ2n) is 7.60. The highest BCUT2D eigenvalue weighted by Crippen LogP contribution is 2.36. The van der Waals surface area contributed by atoms with Crippen LogP contribution in [0.1, 0.15) is 45.1 Å². The molecular formula is C21H33IN4O2. The SMILES string of the molecule is CCNC(=NCc1ccc(OC)c(NC(C)=O)c1)N1CC2CCCCC2C1.I. The summed E-state index contributed by atoms with van der Waals surface area (Å²) in [7, 11) is 1.61. The number of aliphatic imine (C=N–C) groups is 1. The molecule has 1 saturated heterocycles. The normalized spacial score (nSPS) is 21.5. The number of anilines is 1. The van der Waals surface area contributed by atoms with Crippen molar-refractivity contribution in [3.05, 3.63) is 23.8 Å². The van der Waals surface area contributed by atoms with Crippen molar-refractivity contribution in [3.8, 4) is 5.75 Å². The number of guanidine groups is 1. The molecule has 0 spiro atoms. The molecule has 1 heterocycles. The number of halogens is 1. The summed E-state index contributed by atoms with van der Waals surface area (Å²) in [5.74, 6) is 3.21. The van der Waals surface area contributed by atoms with Crippen LogP contribution in [0.3, 0.4) is 0 Å². The van der Waals surface area contributed by atoms with E-state index in [1.807, 2.05) is 18.2 Å². The van der Waals surface area contributed by atoms with E-state index in [0.717, 1.165) is 43.0 Å². The van der Waals surface area contributed by atoms with Gasteiger partial charge in [0.1, 0.15) is 5.75 Å². The number of ether oxygens (including phenoxy) is 1. The predicted octanol–water partition coefficient (Wildman–Crippen LogP) is 3.86. The van der Waals surface area contributed by atoms with E-state index in [0.29, 0.717) is 18.0 Å². The summed E-state index contributed by atoms with van der Waals surface area (Å²) in [6, 6.07) is 5.82. The molecule has 0 radical (unpaired) electrons. The molecule has 1 saturated carbocycles. The third-order valence-electron chi connectivity index (χ3n) is 5.60. The van der Waals surface area contributed by atoms with E-state index in [1.54, 1.807) is 7.11 Å². The van der Waals surface area contributed by atoms with Crippen molar-refractivity contribution in [2.45, 2.75) is 46.1 Å². The summed E-state index contributed by atoms with van der Waals surface area (Å²) < 4.78 is 5.33. The number of methoxy groups -OCH3 is 1. The van der Waals surface area contributed by atoms with E-state index < -0.39 is 0 Å². The number of nitrogens with zero attached hydrogens (tertiary/aromatic N) is 2. The molecule has 2 fully saturated rings. The lowest BCUT2D eigenvalue weighted by Crippen LogP contribution is -2.40. The van der Waals surface area contributed by atoms with Gasteiger partial charge >= 0.3 is 0 Å². The Kier molecular flexibility index (Phi) is 8.85. The Balaban J connectivity index is 0.00000280. The molecule has 28 heavy (non-hydrogen) atoms. The van der Waals surface area contributed by atoms with Gasteiger partial charge in [0, 0.05) is 26.6 Å². The Hall–Kier alpha value is -1.51. The van der Waals surface area contributed by atoms with Gasteiger partial charge in [0.05, 0.1) is 19.3 Å². The van der Waals surface area contributed by atoms with E-state index >= 15 is 0 Å². The van der Waals surface area contributed by atoms with Gasteiger partial charge in [-0.15, -0.1) is 24.0 Å². The zero-order valence-corrected chi connectivity index (χ0v) is 19.5. The molecule has 2 aliphatic rings. The third kappa shape index (κ3) is 5.75. The molecule has 1 aromatic rings. The number of hydrogen-bond acceptors (Lipinski definition) is 3. The minimum Gasteiger partial charge on any atom is -0.495 e. The zero-order chi connectivity index (χ0) is 19.2. The first-order valence-electron chi connectivity index (χ1n) is 10.1. The molecule has 1 aromatic carbocycles. The van der Waals surface area contributed by atoms with Crippen molar-refractivity contribution in [2.75, 3.05) is 32.1 Å². The molecule has 2 unspecified atom stereocenters. The van der Waals surface area contributed by atoms with Gasteiger partial charge in [-0.05, 0) is 49.3 Å². The second kappa shape index (κ2) is 10.9. The van der Waals surface area contributed by atoms with Crippen LogP contribution >= 0.6 is 24.0 Å². The van der Waals surface area contributed by atoms with Crippen LogP contribution in [0.5, 0.6) is 5.75 Å². The highest BCUT2D eigenvalue weighted by atomic mass is 127. The van der Waals surface area contributed by atoms with Gasteiger partial charge in [-0.25, -0.2) is 4.99 Å². The Morgan fingerprint density at radius 2 is 1.93 bits per heavy atom. The lowest BCUT2D eigenvalue weighted by atomic mass is 9.82. The number of hydrogen-bond donors (Lipinski definition) is 2. The van der Waals surface area contributed by atoms with Gasteiger partial charge in [0.25, 0.3) is 0 Å². The van der Waals surface area contributed by atoms with Crippen LogP contribution in [0.2, 0.25) is 0 Å². The highest BCUT2D eigenvalue weighted by molar-refractivity contribution is 14.0. The average Bonchev–Trinajstić information content (AvgIpc) is 3.09. The molecule has 2 atom stereocenters. The minimum atomic E-state index is -0.109. The molecule has 1 aliphatic carbocycles. The monoisotopic (exact) mass is 500 g/mol. The number of carbonyl (C=O) groups is 1. The molecule has 6 nitrogen and oxygen atoms in total. The fourth-order valence-electron chi connectivity index (χ4n) is 4.31. The topological polar surface area (TPSA) is 66.0 Å². The smallest absolute Gasteiger partial charge is 0.221 e. The van der Waals surface area contributed by atoms with Crippen molar-refractivity contribution in [3.63, 3.8) is 0 Å². The summed E-state index contributed by atoms with van der Waals surface area (Å²) in [5.41, 5.74) is 1.74. The van der Waals surface area contributed by atoms with E-state index in [4.69, 9.17) is 9.73 Å². The Labute approximate surface area is 185 Å². The first kappa shape index (κ1) is 22.8. The van der Waals surface area contributed by atoms with Gasteiger partial charge in [-0.1, -0.05) is 18.9 Å². The Morgan fingerprint density at radius 3 is 2.50 bits per heavy atom. The summed E-state index contributed by atoms with van der Waals surface area (Å²) in [5, 5.41) is 6.28. The van der Waals surface area contributed by atoms with Gasteiger partial charge < -0.3 is 20.3 Å². The fraction of sp³-hybridized carbons (Fsp3) is 0.619. The van der Waals surface area contributed by atoms with E-state index in [2.05, 4.69) is 22.5 Å². The van der Waals surface area contributed by atoms with Crippen LogP contribution < -0.4 is 15.4 Å². The number of rotatable bonds is 5. The molecule has 1 amide bonds. The van der Waals surface area contributed by atoms with E-state index in [9.17, 15) is 4.79 Å². The molecule has 1 aliphatic heterocycles. The van der Waals surface area contributed by atoms with Crippen LogP contribution in [0.15, 0.2) is 23.2 Å². The van der Waals surface area contributed by atoms with Gasteiger partial charge in [-0.3, -0.25) is 4.79 Å². The number of carbonyl (C=O) groups excluding carboxylic acids is 1. The van der Waals surface area contributed by atoms with Gasteiger partial charge in [0.2, 0.25) is 5.91 Å². The number of benzene rings is 1. The lowest BCUT2D eigenvalue weighted by Gasteiger charge is -2.22. The van der Waals surface area contributed by atoms with Crippen LogP contribution in [0.25, 0.3) is 0 Å². The van der Waals surface area contributed by atoms with Crippen molar-refractivity contribution >= 4 is 41.5 Å². The Morgan fingerprint density at radius 1 is 1.25 bits per heavy atom. The van der Waals surface area contributed by atoms with E-state index in [1.165, 1.54) is 32.6 Å². The minimum absolute atomic E-state index is 0. The van der Waals surface area contributed by atoms with Crippen LogP contribution in [0, 0.1) is 11.8 Å². The van der Waals surface area contributed by atoms with E-state index in [-0.39, 0.29) is 29.9 Å². The lowest BCUT2D eigenvalue weighted by molar-refractivity contribution is -0.114. The standard InChI is InChI=1S/C21H32N4O2.HI/c1-4-22-21(25-13-17-7-5-6-8-18(17)14-25)23-12-16-9-10-20(27-3)19(11-16)24-15(2)26;/h9-11,17-18H,4-8,12-14H2,1-3H3,(H,22,23)(H,24,26);1H. The predicted molar refractivity (Wildman–Crippen MR) is 125 cm³/mol. The van der Waals surface area contributed by atoms with Gasteiger partial charge in [-0.2, -0.15) is 0 Å². The first-order chi connectivity index (χ1) is 13.1. The molecule has 2 N–H and O–H groups in total. The maximum absolute atomic E-state index is 11.4. The first-order valence-corrected chi connectivity index (χ1v) is 10.1. The molecular weight excluding hydrogens is 467 g/mol. The molecule has 0 bridgehead atoms. The number of likely N-dealkylation sites (tertiary alicyclic amines) is 1. The van der Waals surface area contributed by atoms with Crippen LogP contribution in [-0.4, -0.2) is 43.5 Å². The number of fused-ring (bicyclic) bond motifs is 1. The van der Waals surface area contributed by atoms with Crippen LogP contribution in [-0.2, 0) is 11.3 Å². The number of nitrogens with one attached hydrogen (secondary N) is 2. The fourth-order valence-corrected chi connectivity index (χ4v) is 4.31. The summed E-state index contributed by atoms with van der Waals surface area (Å²) >= 11 is 0. The van der Waals surface area contributed by atoms with Crippen LogP contribution in [0.4, 0.5) is 5.69 Å². The average molecular weight is 500 g/mol. The summed E-state index contributed by atoms with van der Waals surface area (Å²) in [6.07, 6.45) is 5.47. The maximum atomic E-state index is 11.4. The highest BCUT2D eigenvalue weighted by Gasteiger charge is 2.35.